The summed E-state index contributed by atoms with van der Waals surface area (Å²) in [5.41, 5.74) is 0. The summed E-state index contributed by atoms with van der Waals surface area (Å²) in [4.78, 5) is 0. The fourth-order valence-electron chi connectivity index (χ4n) is 4.65. The van der Waals surface area contributed by atoms with Gasteiger partial charge in [0.15, 0.2) is 25.8 Å². The summed E-state index contributed by atoms with van der Waals surface area (Å²) in [6.07, 6.45) is 0. The molecule has 5 aromatic rings. The van der Waals surface area contributed by atoms with Crippen LogP contribution >= 0.6 is 25.6 Å². The van der Waals surface area contributed by atoms with Gasteiger partial charge in [0.1, 0.15) is 22.5 Å². The molecule has 4 nitrogen and oxygen atoms in total. The van der Waals surface area contributed by atoms with E-state index in [2.05, 4.69) is 0 Å². The van der Waals surface area contributed by atoms with Gasteiger partial charge in [0.25, 0.3) is 0 Å². The van der Waals surface area contributed by atoms with Crippen LogP contribution in [0.4, 0.5) is 0 Å². The molecule has 1 aliphatic rings. The quantitative estimate of drug-likeness (QED) is 0.290. The minimum Gasteiger partial charge on any atom is -0.484 e. The molecule has 0 aliphatic carbocycles. The molecule has 4 aromatic carbocycles. The molecule has 0 unspecified atom stereocenters. The van der Waals surface area contributed by atoms with E-state index in [-0.39, 0.29) is 0 Å². The number of hydrogen-bond acceptors (Lipinski definition) is 5. The highest BCUT2D eigenvalue weighted by molar-refractivity contribution is 7.94. The van der Waals surface area contributed by atoms with Crippen LogP contribution in [0, 0.1) is 0 Å². The van der Waals surface area contributed by atoms with Crippen molar-refractivity contribution in [1.29, 1.82) is 0 Å². The van der Waals surface area contributed by atoms with E-state index >= 15 is 9.13 Å². The van der Waals surface area contributed by atoms with E-state index in [9.17, 15) is 0 Å². The van der Waals surface area contributed by atoms with Crippen LogP contribution in [0.5, 0.6) is 11.5 Å². The Morgan fingerprint density at radius 2 is 0.730 bits per heavy atom. The fourth-order valence-corrected chi connectivity index (χ4v) is 13.2. The first-order chi connectivity index (χ1) is 18.1. The van der Waals surface area contributed by atoms with Crippen molar-refractivity contribution in [3.8, 4) is 11.5 Å². The first kappa shape index (κ1) is 24.0. The van der Waals surface area contributed by atoms with Gasteiger partial charge in [-0.25, -0.2) is 0 Å². The van der Waals surface area contributed by atoms with Gasteiger partial charge in [-0.05, 0) is 0 Å². The second-order valence-corrected chi connectivity index (χ2v) is 15.7. The molecule has 6 rings (SSSR count). The second kappa shape index (κ2) is 9.84. The molecule has 2 heterocycles. The van der Waals surface area contributed by atoms with Crippen molar-refractivity contribution >= 4 is 56.1 Å². The summed E-state index contributed by atoms with van der Waals surface area (Å²) in [5, 5.41) is 2.78. The highest BCUT2D eigenvalue weighted by atomic mass is 32.1. The second-order valence-electron chi connectivity index (χ2n) is 8.63. The zero-order valence-corrected chi connectivity index (χ0v) is 22.5. The van der Waals surface area contributed by atoms with Crippen molar-refractivity contribution in [3.05, 3.63) is 121 Å². The third kappa shape index (κ3) is 3.99. The third-order valence-corrected chi connectivity index (χ3v) is 14.9. The Labute approximate surface area is 220 Å². The van der Waals surface area contributed by atoms with Gasteiger partial charge in [-0.15, -0.1) is 11.3 Å². The molecule has 37 heavy (non-hydrogen) atoms. The van der Waals surface area contributed by atoms with E-state index in [0.29, 0.717) is 55.2 Å². The summed E-state index contributed by atoms with van der Waals surface area (Å²) < 4.78 is 44.1. The molecule has 7 heteroatoms. The Bertz CT molecular complexity index is 1410. The molecular formula is C30H24O4P2S. The summed E-state index contributed by atoms with van der Waals surface area (Å²) >= 11 is 1.29. The first-order valence-electron chi connectivity index (χ1n) is 12.0. The van der Waals surface area contributed by atoms with E-state index in [4.69, 9.17) is 9.47 Å². The van der Waals surface area contributed by atoms with E-state index < -0.39 is 14.3 Å². The molecule has 0 spiro atoms. The van der Waals surface area contributed by atoms with Gasteiger partial charge in [-0.2, -0.15) is 0 Å². The molecule has 0 fully saturated rings. The number of rotatable bonds is 6. The Kier molecular flexibility index (Phi) is 6.38. The summed E-state index contributed by atoms with van der Waals surface area (Å²) in [6, 6.07) is 37.9. The van der Waals surface area contributed by atoms with Gasteiger partial charge in [0.05, 0.1) is 0 Å². The molecule has 1 aliphatic heterocycles. The smallest absolute Gasteiger partial charge is 0.184 e. The molecule has 0 saturated carbocycles. The number of ether oxygens (including phenoxy) is 2. The SMILES string of the molecule is O=P(c1ccccc1)(c1ccccc1)c1sc(P(=O)(c2ccccc2)c2ccccc2)c2c1OCCO2. The lowest BCUT2D eigenvalue weighted by molar-refractivity contribution is 0.176. The minimum absolute atomic E-state index is 0.334. The van der Waals surface area contributed by atoms with Gasteiger partial charge >= 0.3 is 0 Å². The normalized spacial score (nSPS) is 13.3. The van der Waals surface area contributed by atoms with Crippen LogP contribution < -0.4 is 39.9 Å². The molecular weight excluding hydrogens is 518 g/mol. The van der Waals surface area contributed by atoms with Crippen molar-refractivity contribution in [3.63, 3.8) is 0 Å². The van der Waals surface area contributed by atoms with Crippen LogP contribution in [-0.4, -0.2) is 13.2 Å². The van der Waals surface area contributed by atoms with Crippen LogP contribution in [0.2, 0.25) is 0 Å². The van der Waals surface area contributed by atoms with E-state index in [1.807, 2.05) is 121 Å². The van der Waals surface area contributed by atoms with E-state index in [1.54, 1.807) is 0 Å². The predicted octanol–water partition coefficient (Wildman–Crippen LogP) is 4.80. The predicted molar refractivity (Wildman–Crippen MR) is 154 cm³/mol. The Morgan fingerprint density at radius 1 is 0.459 bits per heavy atom. The summed E-state index contributed by atoms with van der Waals surface area (Å²) in [6.45, 7) is 0.668. The van der Waals surface area contributed by atoms with Crippen LogP contribution in [0.15, 0.2) is 121 Å². The van der Waals surface area contributed by atoms with Gasteiger partial charge in [-0.3, -0.25) is 0 Å². The van der Waals surface area contributed by atoms with Crippen molar-refractivity contribution in [2.45, 2.75) is 0 Å². The van der Waals surface area contributed by atoms with Crippen LogP contribution in [0.25, 0.3) is 0 Å². The lowest BCUT2D eigenvalue weighted by atomic mass is 10.4. The number of thiophene rings is 1. The first-order valence-corrected chi connectivity index (χ1v) is 16.2. The largest absolute Gasteiger partial charge is 0.484 e. The molecule has 0 radical (unpaired) electrons. The van der Waals surface area contributed by atoms with E-state index in [0.717, 1.165) is 0 Å². The lowest BCUT2D eigenvalue weighted by Crippen LogP contribution is -2.26. The van der Waals surface area contributed by atoms with Gasteiger partial charge < -0.3 is 18.6 Å². The maximum absolute atomic E-state index is 15.3. The topological polar surface area (TPSA) is 52.6 Å². The molecule has 1 aromatic heterocycles. The van der Waals surface area contributed by atoms with Crippen LogP contribution in [0.3, 0.4) is 0 Å². The zero-order valence-electron chi connectivity index (χ0n) is 19.9. The van der Waals surface area contributed by atoms with Gasteiger partial charge in [0, 0.05) is 21.2 Å². The number of fused-ring (bicyclic) bond motifs is 1. The zero-order chi connectivity index (χ0) is 25.3. The highest BCUT2D eigenvalue weighted by Crippen LogP contribution is 2.56. The minimum atomic E-state index is -3.38. The average Bonchev–Trinajstić information content (AvgIpc) is 3.39. The molecule has 0 N–H and O–H groups in total. The molecule has 0 amide bonds. The molecule has 0 atom stereocenters. The van der Waals surface area contributed by atoms with Crippen molar-refractivity contribution in [1.82, 2.24) is 0 Å². The van der Waals surface area contributed by atoms with E-state index in [1.165, 1.54) is 11.3 Å². The maximum Gasteiger partial charge on any atom is 0.184 e. The molecule has 0 saturated heterocycles. The van der Waals surface area contributed by atoms with Gasteiger partial charge in [0.2, 0.25) is 0 Å². The lowest BCUT2D eigenvalue weighted by Gasteiger charge is -2.23. The Hall–Kier alpha value is -3.36. The van der Waals surface area contributed by atoms with Crippen molar-refractivity contribution < 1.29 is 18.6 Å². The summed E-state index contributed by atoms with van der Waals surface area (Å²) in [5.74, 6) is 0.878. The number of benzene rings is 4. The van der Waals surface area contributed by atoms with Crippen molar-refractivity contribution in [2.24, 2.45) is 0 Å². The monoisotopic (exact) mass is 542 g/mol. The molecule has 0 bridgehead atoms. The standard InChI is InChI=1S/C30H24O4P2S/c31-35(23-13-5-1-6-14-23,24-15-7-2-8-16-24)29-27-28(34-22-21-33-27)30(37-29)36(32,25-17-9-3-10-18-25)26-19-11-4-12-20-26/h1-20H,21-22H2. The Morgan fingerprint density at radius 3 is 1.00 bits per heavy atom. The molecule has 184 valence electrons. The van der Waals surface area contributed by atoms with Gasteiger partial charge in [-0.1, -0.05) is 121 Å². The third-order valence-electron chi connectivity index (χ3n) is 6.42. The average molecular weight is 543 g/mol. The van der Waals surface area contributed by atoms with Crippen LogP contribution in [-0.2, 0) is 9.13 Å². The maximum atomic E-state index is 15.3. The Balaban J connectivity index is 1.68. The number of hydrogen-bond donors (Lipinski definition) is 0. The van der Waals surface area contributed by atoms with Crippen molar-refractivity contribution in [2.75, 3.05) is 13.2 Å². The summed E-state index contributed by atoms with van der Waals surface area (Å²) in [7, 11) is -6.75. The highest BCUT2D eigenvalue weighted by Gasteiger charge is 2.44. The van der Waals surface area contributed by atoms with Crippen LogP contribution in [0.1, 0.15) is 0 Å². The fraction of sp³-hybridized carbons (Fsp3) is 0.0667.